The molecule has 0 radical (unpaired) electrons. The van der Waals surface area contributed by atoms with E-state index in [0.717, 1.165) is 42.5 Å². The molecular formula is C22H27ClN3O2+. The highest BCUT2D eigenvalue weighted by Gasteiger charge is 2.37. The van der Waals surface area contributed by atoms with Gasteiger partial charge in [-0.25, -0.2) is 0 Å². The number of nitrogens with one attached hydrogen (secondary N) is 1. The number of nitrogens with zero attached hydrogens (tertiary/aromatic N) is 2. The second-order valence-corrected chi connectivity index (χ2v) is 7.79. The molecule has 4 rings (SSSR count). The van der Waals surface area contributed by atoms with Crippen LogP contribution in [0.3, 0.4) is 0 Å². The van der Waals surface area contributed by atoms with E-state index in [-0.39, 0.29) is 11.9 Å². The van der Waals surface area contributed by atoms with Crippen LogP contribution in [0.25, 0.3) is 0 Å². The van der Waals surface area contributed by atoms with E-state index in [1.165, 1.54) is 4.90 Å². The first-order valence-corrected chi connectivity index (χ1v) is 10.4. The summed E-state index contributed by atoms with van der Waals surface area (Å²) in [6.45, 7) is 6.20. The minimum absolute atomic E-state index is 0.160. The molecule has 0 unspecified atom stereocenters. The third-order valence-electron chi connectivity index (χ3n) is 5.71. The van der Waals surface area contributed by atoms with Crippen LogP contribution >= 0.6 is 11.6 Å². The van der Waals surface area contributed by atoms with E-state index in [4.69, 9.17) is 16.3 Å². The van der Waals surface area contributed by atoms with Crippen molar-refractivity contribution in [3.8, 4) is 0 Å². The summed E-state index contributed by atoms with van der Waals surface area (Å²) in [6.07, 6.45) is 0. The molecule has 2 aromatic carbocycles. The van der Waals surface area contributed by atoms with Gasteiger partial charge in [-0.05, 0) is 12.1 Å². The summed E-state index contributed by atoms with van der Waals surface area (Å²) < 4.78 is 5.44. The first-order valence-electron chi connectivity index (χ1n) is 9.99. The monoisotopic (exact) mass is 400 g/mol. The lowest BCUT2D eigenvalue weighted by Crippen LogP contribution is -3.16. The molecule has 0 bridgehead atoms. The molecule has 1 atom stereocenters. The van der Waals surface area contributed by atoms with Crippen molar-refractivity contribution in [1.82, 2.24) is 4.90 Å². The average Bonchev–Trinajstić information content (AvgIpc) is 2.76. The molecule has 6 heteroatoms. The SMILES string of the molecule is O=C([C@@H](c1ccccc1)[NH+]1CCN(c2ccccc2Cl)CC1)N1CCOCC1. The van der Waals surface area contributed by atoms with Crippen LogP contribution in [-0.4, -0.2) is 63.3 Å². The lowest BCUT2D eigenvalue weighted by atomic mass is 10.0. The molecular weight excluding hydrogens is 374 g/mol. The van der Waals surface area contributed by atoms with Crippen molar-refractivity contribution < 1.29 is 14.4 Å². The highest BCUT2D eigenvalue weighted by Crippen LogP contribution is 2.25. The number of anilines is 1. The zero-order valence-electron chi connectivity index (χ0n) is 16.0. The fraction of sp³-hybridized carbons (Fsp3) is 0.409. The molecule has 0 aliphatic carbocycles. The summed E-state index contributed by atoms with van der Waals surface area (Å²) in [5, 5.41) is 0.787. The fourth-order valence-corrected chi connectivity index (χ4v) is 4.45. The van der Waals surface area contributed by atoms with Gasteiger partial charge in [-0.3, -0.25) is 4.79 Å². The van der Waals surface area contributed by atoms with Crippen molar-refractivity contribution in [3.05, 3.63) is 65.2 Å². The zero-order chi connectivity index (χ0) is 19.3. The van der Waals surface area contributed by atoms with Crippen LogP contribution in [0.15, 0.2) is 54.6 Å². The Morgan fingerprint density at radius 3 is 2.25 bits per heavy atom. The summed E-state index contributed by atoms with van der Waals surface area (Å²) >= 11 is 6.38. The molecule has 0 saturated carbocycles. The van der Waals surface area contributed by atoms with Gasteiger partial charge in [-0.15, -0.1) is 0 Å². The smallest absolute Gasteiger partial charge is 0.285 e. The predicted molar refractivity (Wildman–Crippen MR) is 111 cm³/mol. The standard InChI is InChI=1S/C22H26ClN3O2/c23-19-8-4-5-9-20(19)24-10-12-25(13-11-24)21(18-6-2-1-3-7-18)22(27)26-14-16-28-17-15-26/h1-9,21H,10-17H2/p+1/t21-/m1/s1. The van der Waals surface area contributed by atoms with Crippen molar-refractivity contribution in [3.63, 3.8) is 0 Å². The molecule has 148 valence electrons. The van der Waals surface area contributed by atoms with Crippen LogP contribution in [0.4, 0.5) is 5.69 Å². The van der Waals surface area contributed by atoms with Gasteiger partial charge in [0.05, 0.1) is 50.1 Å². The Balaban J connectivity index is 1.51. The molecule has 2 heterocycles. The summed E-state index contributed by atoms with van der Waals surface area (Å²) in [6, 6.07) is 18.0. The Bertz CT molecular complexity index is 787. The van der Waals surface area contributed by atoms with Crippen LogP contribution in [0.1, 0.15) is 11.6 Å². The van der Waals surface area contributed by atoms with Crippen molar-refractivity contribution in [2.75, 3.05) is 57.4 Å². The molecule has 2 fully saturated rings. The number of hydrogen-bond donors (Lipinski definition) is 1. The van der Waals surface area contributed by atoms with E-state index in [0.29, 0.717) is 26.3 Å². The Morgan fingerprint density at radius 2 is 1.57 bits per heavy atom. The minimum atomic E-state index is -0.160. The van der Waals surface area contributed by atoms with Crippen molar-refractivity contribution >= 4 is 23.2 Å². The third kappa shape index (κ3) is 4.17. The molecule has 2 aliphatic rings. The zero-order valence-corrected chi connectivity index (χ0v) is 16.8. The van der Waals surface area contributed by atoms with E-state index in [1.807, 2.05) is 41.3 Å². The molecule has 5 nitrogen and oxygen atoms in total. The Morgan fingerprint density at radius 1 is 0.929 bits per heavy atom. The molecule has 2 aromatic rings. The average molecular weight is 401 g/mol. The second kappa shape index (κ2) is 8.95. The number of rotatable bonds is 4. The van der Waals surface area contributed by atoms with E-state index >= 15 is 0 Å². The fourth-order valence-electron chi connectivity index (χ4n) is 4.20. The van der Waals surface area contributed by atoms with Gasteiger partial charge >= 0.3 is 0 Å². The topological polar surface area (TPSA) is 37.2 Å². The highest BCUT2D eigenvalue weighted by atomic mass is 35.5. The minimum Gasteiger partial charge on any atom is -0.378 e. The van der Waals surface area contributed by atoms with Crippen LogP contribution in [0.5, 0.6) is 0 Å². The maximum Gasteiger partial charge on any atom is 0.285 e. The summed E-state index contributed by atoms with van der Waals surface area (Å²) in [5.74, 6) is 0.218. The predicted octanol–water partition coefficient (Wildman–Crippen LogP) is 1.64. The van der Waals surface area contributed by atoms with Crippen molar-refractivity contribution in [2.24, 2.45) is 0 Å². The molecule has 1 N–H and O–H groups in total. The first kappa shape index (κ1) is 19.2. The molecule has 0 spiro atoms. The Kier molecular flexibility index (Phi) is 6.15. The second-order valence-electron chi connectivity index (χ2n) is 7.38. The molecule has 2 aliphatic heterocycles. The lowest BCUT2D eigenvalue weighted by Gasteiger charge is -2.39. The molecule has 28 heavy (non-hydrogen) atoms. The van der Waals surface area contributed by atoms with E-state index in [1.54, 1.807) is 0 Å². The van der Waals surface area contributed by atoms with Crippen LogP contribution in [0, 0.1) is 0 Å². The van der Waals surface area contributed by atoms with E-state index < -0.39 is 0 Å². The van der Waals surface area contributed by atoms with E-state index in [9.17, 15) is 4.79 Å². The summed E-state index contributed by atoms with van der Waals surface area (Å²) in [7, 11) is 0. The number of carbonyl (C=O) groups is 1. The van der Waals surface area contributed by atoms with Gasteiger partial charge in [0.15, 0.2) is 6.04 Å². The number of para-hydroxylation sites is 1. The van der Waals surface area contributed by atoms with Crippen LogP contribution in [-0.2, 0) is 9.53 Å². The quantitative estimate of drug-likeness (QED) is 0.847. The van der Waals surface area contributed by atoms with Gasteiger partial charge in [-0.2, -0.15) is 0 Å². The van der Waals surface area contributed by atoms with Crippen LogP contribution < -0.4 is 9.80 Å². The molecule has 0 aromatic heterocycles. The number of benzene rings is 2. The first-order chi connectivity index (χ1) is 13.7. The number of carbonyl (C=O) groups excluding carboxylic acids is 1. The number of ether oxygens (including phenoxy) is 1. The number of quaternary nitrogens is 1. The van der Waals surface area contributed by atoms with Crippen molar-refractivity contribution in [2.45, 2.75) is 6.04 Å². The third-order valence-corrected chi connectivity index (χ3v) is 6.03. The van der Waals surface area contributed by atoms with Crippen molar-refractivity contribution in [1.29, 1.82) is 0 Å². The summed E-state index contributed by atoms with van der Waals surface area (Å²) in [4.78, 5) is 19.0. The largest absolute Gasteiger partial charge is 0.378 e. The van der Waals surface area contributed by atoms with Crippen LogP contribution in [0.2, 0.25) is 5.02 Å². The molecule has 2 saturated heterocycles. The number of hydrogen-bond acceptors (Lipinski definition) is 3. The van der Waals surface area contributed by atoms with Gasteiger partial charge in [0.2, 0.25) is 0 Å². The van der Waals surface area contributed by atoms with Gasteiger partial charge < -0.3 is 19.4 Å². The number of amides is 1. The highest BCUT2D eigenvalue weighted by molar-refractivity contribution is 6.33. The number of halogens is 1. The maximum absolute atomic E-state index is 13.4. The normalized spacial score (nSPS) is 19.5. The molecule has 1 amide bonds. The Hall–Kier alpha value is -2.08. The maximum atomic E-state index is 13.4. The van der Waals surface area contributed by atoms with Gasteiger partial charge in [0.1, 0.15) is 0 Å². The number of morpholine rings is 1. The van der Waals surface area contributed by atoms with Gasteiger partial charge in [0.25, 0.3) is 5.91 Å². The Labute approximate surface area is 171 Å². The number of piperazine rings is 1. The van der Waals surface area contributed by atoms with Gasteiger partial charge in [-0.1, -0.05) is 54.1 Å². The van der Waals surface area contributed by atoms with Gasteiger partial charge in [0, 0.05) is 18.7 Å². The summed E-state index contributed by atoms with van der Waals surface area (Å²) in [5.41, 5.74) is 2.18. The lowest BCUT2D eigenvalue weighted by molar-refractivity contribution is -0.923. The van der Waals surface area contributed by atoms with E-state index in [2.05, 4.69) is 23.1 Å².